The molecule has 0 spiro atoms. The number of anilines is 1. The van der Waals surface area contributed by atoms with Crippen LogP contribution in [0.15, 0.2) is 46.9 Å². The molecule has 1 atom stereocenters. The van der Waals surface area contributed by atoms with Gasteiger partial charge in [0.1, 0.15) is 11.6 Å². The van der Waals surface area contributed by atoms with Crippen LogP contribution in [-0.2, 0) is 11.3 Å². The molecule has 140 valence electrons. The summed E-state index contributed by atoms with van der Waals surface area (Å²) in [5.74, 6) is -0.629. The van der Waals surface area contributed by atoms with Crippen molar-refractivity contribution in [3.8, 4) is 0 Å². The lowest BCUT2D eigenvalue weighted by Crippen LogP contribution is -2.41. The number of nitrogens with zero attached hydrogens (tertiary/aromatic N) is 3. The molecule has 1 heterocycles. The standard InChI is InChI=1S/C19H20BrN5O2/c1-3-9-25-17-8-7-13(10-16(17)23-24-25)19(27)21-12(2)18(26)22-15-6-4-5-14(20)11-15/h4-8,10-12H,3,9H2,1-2H3,(H,21,27)(H,22,26). The van der Waals surface area contributed by atoms with Crippen molar-refractivity contribution < 1.29 is 9.59 Å². The number of amides is 2. The highest BCUT2D eigenvalue weighted by Crippen LogP contribution is 2.16. The molecule has 0 aliphatic carbocycles. The number of benzene rings is 2. The minimum absolute atomic E-state index is 0.295. The van der Waals surface area contributed by atoms with Gasteiger partial charge >= 0.3 is 0 Å². The van der Waals surface area contributed by atoms with Crippen LogP contribution in [0.1, 0.15) is 30.6 Å². The smallest absolute Gasteiger partial charge is 0.251 e. The van der Waals surface area contributed by atoms with Gasteiger partial charge in [0, 0.05) is 22.3 Å². The quantitative estimate of drug-likeness (QED) is 0.628. The Bertz CT molecular complexity index is 985. The average molecular weight is 430 g/mol. The lowest BCUT2D eigenvalue weighted by atomic mass is 10.1. The second-order valence-electron chi connectivity index (χ2n) is 6.21. The Hall–Kier alpha value is -2.74. The van der Waals surface area contributed by atoms with Gasteiger partial charge in [0.2, 0.25) is 5.91 Å². The van der Waals surface area contributed by atoms with E-state index in [1.807, 2.05) is 22.9 Å². The van der Waals surface area contributed by atoms with Crippen LogP contribution in [-0.4, -0.2) is 32.9 Å². The molecule has 8 heteroatoms. The molecule has 3 aromatic rings. The summed E-state index contributed by atoms with van der Waals surface area (Å²) >= 11 is 3.36. The number of rotatable bonds is 6. The first-order valence-electron chi connectivity index (χ1n) is 8.68. The SMILES string of the molecule is CCCn1nnc2cc(C(=O)NC(C)C(=O)Nc3cccc(Br)c3)ccc21. The van der Waals surface area contributed by atoms with Crippen molar-refractivity contribution in [1.29, 1.82) is 0 Å². The van der Waals surface area contributed by atoms with Crippen molar-refractivity contribution in [3.05, 3.63) is 52.5 Å². The molecule has 3 rings (SSSR count). The third kappa shape index (κ3) is 4.51. The number of fused-ring (bicyclic) bond motifs is 1. The molecule has 0 aliphatic heterocycles. The van der Waals surface area contributed by atoms with Gasteiger partial charge < -0.3 is 10.6 Å². The van der Waals surface area contributed by atoms with Gasteiger partial charge in [-0.2, -0.15) is 0 Å². The molecule has 1 unspecified atom stereocenters. The summed E-state index contributed by atoms with van der Waals surface area (Å²) in [6.45, 7) is 4.48. The van der Waals surface area contributed by atoms with Gasteiger partial charge in [-0.05, 0) is 49.7 Å². The first kappa shape index (κ1) is 19.0. The van der Waals surface area contributed by atoms with Crippen LogP contribution in [0.4, 0.5) is 5.69 Å². The lowest BCUT2D eigenvalue weighted by molar-refractivity contribution is -0.117. The van der Waals surface area contributed by atoms with E-state index in [2.05, 4.69) is 43.8 Å². The second-order valence-corrected chi connectivity index (χ2v) is 7.13. The molecular weight excluding hydrogens is 410 g/mol. The van der Waals surface area contributed by atoms with E-state index in [4.69, 9.17) is 0 Å². The monoisotopic (exact) mass is 429 g/mol. The van der Waals surface area contributed by atoms with Crippen LogP contribution in [0, 0.1) is 0 Å². The number of aromatic nitrogens is 3. The fourth-order valence-electron chi connectivity index (χ4n) is 2.65. The number of hydrogen-bond acceptors (Lipinski definition) is 4. The number of halogens is 1. The fourth-order valence-corrected chi connectivity index (χ4v) is 3.05. The zero-order valence-corrected chi connectivity index (χ0v) is 16.7. The van der Waals surface area contributed by atoms with Gasteiger partial charge in [-0.3, -0.25) is 9.59 Å². The average Bonchev–Trinajstić information content (AvgIpc) is 3.04. The Morgan fingerprint density at radius 1 is 1.22 bits per heavy atom. The molecule has 0 radical (unpaired) electrons. The zero-order chi connectivity index (χ0) is 19.4. The summed E-state index contributed by atoms with van der Waals surface area (Å²) in [6, 6.07) is 11.8. The second kappa shape index (κ2) is 8.30. The maximum Gasteiger partial charge on any atom is 0.251 e. The van der Waals surface area contributed by atoms with Crippen molar-refractivity contribution in [2.24, 2.45) is 0 Å². The Balaban J connectivity index is 1.67. The molecule has 1 aromatic heterocycles. The normalized spacial score (nSPS) is 12.0. The van der Waals surface area contributed by atoms with Crippen LogP contribution in [0.2, 0.25) is 0 Å². The van der Waals surface area contributed by atoms with Crippen molar-refractivity contribution >= 4 is 44.5 Å². The van der Waals surface area contributed by atoms with E-state index in [9.17, 15) is 9.59 Å². The molecule has 0 saturated heterocycles. The number of carbonyl (C=O) groups is 2. The van der Waals surface area contributed by atoms with E-state index >= 15 is 0 Å². The molecule has 7 nitrogen and oxygen atoms in total. The molecule has 0 saturated carbocycles. The molecule has 0 fully saturated rings. The van der Waals surface area contributed by atoms with Gasteiger partial charge in [-0.1, -0.05) is 34.1 Å². The third-order valence-corrected chi connectivity index (χ3v) is 4.54. The van der Waals surface area contributed by atoms with Crippen molar-refractivity contribution in [3.63, 3.8) is 0 Å². The van der Waals surface area contributed by atoms with Crippen LogP contribution >= 0.6 is 15.9 Å². The summed E-state index contributed by atoms with van der Waals surface area (Å²) in [7, 11) is 0. The molecule has 27 heavy (non-hydrogen) atoms. The lowest BCUT2D eigenvalue weighted by Gasteiger charge is -2.14. The maximum absolute atomic E-state index is 12.5. The zero-order valence-electron chi connectivity index (χ0n) is 15.1. The van der Waals surface area contributed by atoms with Crippen molar-refractivity contribution in [2.75, 3.05) is 5.32 Å². The molecular formula is C19H20BrN5O2. The highest BCUT2D eigenvalue weighted by molar-refractivity contribution is 9.10. The minimum Gasteiger partial charge on any atom is -0.341 e. The van der Waals surface area contributed by atoms with E-state index in [0.717, 1.165) is 23.0 Å². The van der Waals surface area contributed by atoms with Gasteiger partial charge in [-0.15, -0.1) is 5.10 Å². The van der Waals surface area contributed by atoms with Gasteiger partial charge in [0.15, 0.2) is 0 Å². The van der Waals surface area contributed by atoms with E-state index in [1.54, 1.807) is 31.2 Å². The predicted octanol–water partition coefficient (Wildman–Crippen LogP) is 3.36. The van der Waals surface area contributed by atoms with Crippen LogP contribution in [0.5, 0.6) is 0 Å². The number of carbonyl (C=O) groups excluding carboxylic acids is 2. The Morgan fingerprint density at radius 3 is 2.78 bits per heavy atom. The van der Waals surface area contributed by atoms with Gasteiger partial charge in [-0.25, -0.2) is 4.68 Å². The van der Waals surface area contributed by atoms with Crippen molar-refractivity contribution in [1.82, 2.24) is 20.3 Å². The molecule has 2 aromatic carbocycles. The Morgan fingerprint density at radius 2 is 2.04 bits per heavy atom. The molecule has 2 N–H and O–H groups in total. The first-order chi connectivity index (χ1) is 13.0. The van der Waals surface area contributed by atoms with Crippen LogP contribution < -0.4 is 10.6 Å². The summed E-state index contributed by atoms with van der Waals surface area (Å²) in [6.07, 6.45) is 0.950. The Kier molecular flexibility index (Phi) is 5.85. The Labute approximate surface area is 165 Å². The van der Waals surface area contributed by atoms with Crippen LogP contribution in [0.25, 0.3) is 11.0 Å². The van der Waals surface area contributed by atoms with Gasteiger partial charge in [0.05, 0.1) is 5.52 Å². The fraction of sp³-hybridized carbons (Fsp3) is 0.263. The molecule has 0 bridgehead atoms. The first-order valence-corrected chi connectivity index (χ1v) is 9.47. The minimum atomic E-state index is -0.692. The van der Waals surface area contributed by atoms with E-state index in [-0.39, 0.29) is 11.8 Å². The van der Waals surface area contributed by atoms with E-state index < -0.39 is 6.04 Å². The number of aryl methyl sites for hydroxylation is 1. The topological polar surface area (TPSA) is 88.9 Å². The highest BCUT2D eigenvalue weighted by atomic mass is 79.9. The van der Waals surface area contributed by atoms with E-state index in [1.165, 1.54) is 0 Å². The number of nitrogens with one attached hydrogen (secondary N) is 2. The molecule has 0 aliphatic rings. The summed E-state index contributed by atoms with van der Waals surface area (Å²) in [5.41, 5.74) is 2.63. The van der Waals surface area contributed by atoms with Crippen molar-refractivity contribution in [2.45, 2.75) is 32.9 Å². The predicted molar refractivity (Wildman–Crippen MR) is 108 cm³/mol. The summed E-state index contributed by atoms with van der Waals surface area (Å²) in [4.78, 5) is 24.8. The number of hydrogen-bond donors (Lipinski definition) is 2. The highest BCUT2D eigenvalue weighted by Gasteiger charge is 2.18. The molecule has 2 amide bonds. The third-order valence-electron chi connectivity index (χ3n) is 4.04. The van der Waals surface area contributed by atoms with E-state index in [0.29, 0.717) is 16.8 Å². The largest absolute Gasteiger partial charge is 0.341 e. The summed E-state index contributed by atoms with van der Waals surface area (Å²) in [5, 5.41) is 13.7. The van der Waals surface area contributed by atoms with Gasteiger partial charge in [0.25, 0.3) is 5.91 Å². The maximum atomic E-state index is 12.5. The summed E-state index contributed by atoms with van der Waals surface area (Å²) < 4.78 is 2.67. The van der Waals surface area contributed by atoms with Crippen LogP contribution in [0.3, 0.4) is 0 Å².